The van der Waals surface area contributed by atoms with Gasteiger partial charge in [-0.15, -0.1) is 0 Å². The number of hydrogen-bond donors (Lipinski definition) is 2. The number of likely N-dealkylation sites (N-methyl/N-ethyl adjacent to an activating group) is 1. The monoisotopic (exact) mass is 1180 g/mol. The molecule has 0 aliphatic carbocycles. The number of aliphatic hydroxyl groups excluding tert-OH is 1. The number of rotatable bonds is 64. The highest BCUT2D eigenvalue weighted by molar-refractivity contribution is 7.45. The average molecular weight is 1180 g/mol. The minimum Gasteiger partial charge on any atom is -0.756 e. The number of nitrogens with zero attached hydrogens (tertiary/aromatic N) is 1. The molecule has 0 rings (SSSR count). The van der Waals surface area contributed by atoms with E-state index in [0.717, 1.165) is 96.3 Å². The van der Waals surface area contributed by atoms with E-state index >= 15 is 0 Å². The fourth-order valence-electron chi connectivity index (χ4n) is 10.2. The molecule has 0 saturated heterocycles. The number of allylic oxidation sites excluding steroid dienone is 16. The SMILES string of the molecule is CC/C=C\C/C=C\C/C=C\C/C=C\C/C=C\C/C=C\C/C=C\C/C=C\CCCCCCCCCCCCC(=O)NC(COP(=O)([O-])OCC[N+](C)(C)C)C(O)CCCCCCCCCCCCCCCCCCCCCCCCCCCC. The third kappa shape index (κ3) is 66.8. The molecule has 0 aliphatic rings. The number of aliphatic hydroxyl groups is 1. The van der Waals surface area contributed by atoms with Crippen LogP contribution in [-0.2, 0) is 18.4 Å². The quantitative estimate of drug-likeness (QED) is 0.0272. The predicted octanol–water partition coefficient (Wildman–Crippen LogP) is 21.9. The minimum atomic E-state index is -4.59. The molecule has 0 aromatic heterocycles. The fraction of sp³-hybridized carbons (Fsp3) is 0.770. The van der Waals surface area contributed by atoms with E-state index in [1.807, 2.05) is 21.1 Å². The molecule has 8 nitrogen and oxygen atoms in total. The Morgan fingerprint density at radius 2 is 0.735 bits per heavy atom. The number of hydrogen-bond acceptors (Lipinski definition) is 6. The Morgan fingerprint density at radius 1 is 0.434 bits per heavy atom. The maximum absolute atomic E-state index is 13.1. The summed E-state index contributed by atoms with van der Waals surface area (Å²) in [5, 5.41) is 14.1. The Morgan fingerprint density at radius 3 is 1.07 bits per heavy atom. The van der Waals surface area contributed by atoms with E-state index in [0.29, 0.717) is 23.9 Å². The van der Waals surface area contributed by atoms with Crippen molar-refractivity contribution in [3.8, 4) is 0 Å². The third-order valence-corrected chi connectivity index (χ3v) is 16.6. The van der Waals surface area contributed by atoms with Crippen LogP contribution in [0.3, 0.4) is 0 Å². The Kier molecular flexibility index (Phi) is 61.9. The number of amides is 1. The number of unbranched alkanes of at least 4 members (excludes halogenated alkanes) is 35. The highest BCUT2D eigenvalue weighted by atomic mass is 31.2. The number of carbonyl (C=O) groups excluding carboxylic acids is 1. The Bertz CT molecular complexity index is 1670. The molecule has 0 aromatic rings. The van der Waals surface area contributed by atoms with Gasteiger partial charge in [0.2, 0.25) is 5.91 Å². The molecule has 0 aromatic carbocycles. The maximum Gasteiger partial charge on any atom is 0.268 e. The van der Waals surface area contributed by atoms with Gasteiger partial charge in [0.15, 0.2) is 0 Å². The predicted molar refractivity (Wildman–Crippen MR) is 362 cm³/mol. The van der Waals surface area contributed by atoms with Crippen LogP contribution in [0.1, 0.15) is 316 Å². The van der Waals surface area contributed by atoms with Crippen molar-refractivity contribution in [2.24, 2.45) is 0 Å². The highest BCUT2D eigenvalue weighted by Crippen LogP contribution is 2.38. The van der Waals surface area contributed by atoms with Gasteiger partial charge in [0.05, 0.1) is 39.9 Å². The van der Waals surface area contributed by atoms with Crippen LogP contribution in [-0.4, -0.2) is 68.5 Å². The number of carbonyl (C=O) groups is 1. The van der Waals surface area contributed by atoms with Gasteiger partial charge in [-0.05, 0) is 77.0 Å². The summed E-state index contributed by atoms with van der Waals surface area (Å²) in [5.41, 5.74) is 0. The van der Waals surface area contributed by atoms with Gasteiger partial charge in [-0.2, -0.15) is 0 Å². The first-order chi connectivity index (χ1) is 40.5. The zero-order valence-electron chi connectivity index (χ0n) is 55.1. The molecular formula is C74H135N2O6P. The normalized spacial score (nSPS) is 14.3. The van der Waals surface area contributed by atoms with Crippen LogP contribution in [0.15, 0.2) is 97.2 Å². The van der Waals surface area contributed by atoms with Gasteiger partial charge < -0.3 is 28.8 Å². The molecule has 482 valence electrons. The molecule has 0 bridgehead atoms. The molecule has 0 heterocycles. The van der Waals surface area contributed by atoms with Crippen molar-refractivity contribution < 1.29 is 32.9 Å². The lowest BCUT2D eigenvalue weighted by atomic mass is 10.0. The molecule has 0 fully saturated rings. The van der Waals surface area contributed by atoms with Gasteiger partial charge in [0.25, 0.3) is 7.82 Å². The Balaban J connectivity index is 4.09. The molecule has 83 heavy (non-hydrogen) atoms. The number of quaternary nitrogens is 1. The van der Waals surface area contributed by atoms with Crippen molar-refractivity contribution in [1.29, 1.82) is 0 Å². The van der Waals surface area contributed by atoms with Gasteiger partial charge in [0, 0.05) is 6.42 Å². The van der Waals surface area contributed by atoms with Crippen molar-refractivity contribution >= 4 is 13.7 Å². The van der Waals surface area contributed by atoms with Crippen LogP contribution in [0.25, 0.3) is 0 Å². The summed E-state index contributed by atoms with van der Waals surface area (Å²) < 4.78 is 23.5. The molecule has 0 aliphatic heterocycles. The fourth-order valence-corrected chi connectivity index (χ4v) is 10.9. The maximum atomic E-state index is 13.1. The first-order valence-electron chi connectivity index (χ1n) is 35.1. The summed E-state index contributed by atoms with van der Waals surface area (Å²) in [6.45, 7) is 4.64. The van der Waals surface area contributed by atoms with Crippen molar-refractivity contribution in [3.05, 3.63) is 97.2 Å². The lowest BCUT2D eigenvalue weighted by molar-refractivity contribution is -0.870. The molecule has 0 spiro atoms. The molecule has 0 saturated carbocycles. The number of nitrogens with one attached hydrogen (secondary N) is 1. The van der Waals surface area contributed by atoms with Gasteiger partial charge >= 0.3 is 0 Å². The van der Waals surface area contributed by atoms with Crippen LogP contribution < -0.4 is 10.2 Å². The molecule has 0 radical (unpaired) electrons. The van der Waals surface area contributed by atoms with E-state index in [1.165, 1.54) is 193 Å². The van der Waals surface area contributed by atoms with Crippen molar-refractivity contribution in [2.45, 2.75) is 328 Å². The third-order valence-electron chi connectivity index (χ3n) is 15.6. The summed E-state index contributed by atoms with van der Waals surface area (Å²) in [5.74, 6) is -0.169. The Labute approximate surface area is 515 Å². The second-order valence-electron chi connectivity index (χ2n) is 24.9. The van der Waals surface area contributed by atoms with Crippen LogP contribution in [0.5, 0.6) is 0 Å². The van der Waals surface area contributed by atoms with Crippen molar-refractivity contribution in [3.63, 3.8) is 0 Å². The van der Waals surface area contributed by atoms with Gasteiger partial charge in [-0.1, -0.05) is 329 Å². The summed E-state index contributed by atoms with van der Waals surface area (Å²) in [6.07, 6.45) is 91.9. The van der Waals surface area contributed by atoms with E-state index < -0.39 is 20.0 Å². The molecule has 3 atom stereocenters. The van der Waals surface area contributed by atoms with Crippen LogP contribution >= 0.6 is 7.82 Å². The number of phosphoric acid groups is 1. The topological polar surface area (TPSA) is 108 Å². The lowest BCUT2D eigenvalue weighted by Gasteiger charge is -2.30. The van der Waals surface area contributed by atoms with Crippen LogP contribution in [0.2, 0.25) is 0 Å². The zero-order chi connectivity index (χ0) is 60.5. The first kappa shape index (κ1) is 80.4. The summed E-state index contributed by atoms with van der Waals surface area (Å²) in [6, 6.07) is -0.811. The molecule has 9 heteroatoms. The van der Waals surface area contributed by atoms with Gasteiger partial charge in [-0.25, -0.2) is 0 Å². The van der Waals surface area contributed by atoms with Gasteiger partial charge in [-0.3, -0.25) is 9.36 Å². The van der Waals surface area contributed by atoms with Crippen LogP contribution in [0.4, 0.5) is 0 Å². The van der Waals surface area contributed by atoms with Crippen molar-refractivity contribution in [1.82, 2.24) is 5.32 Å². The van der Waals surface area contributed by atoms with E-state index in [9.17, 15) is 19.4 Å². The van der Waals surface area contributed by atoms with E-state index in [4.69, 9.17) is 9.05 Å². The zero-order valence-corrected chi connectivity index (χ0v) is 56.0. The average Bonchev–Trinajstić information content (AvgIpc) is 3.49. The van der Waals surface area contributed by atoms with Gasteiger partial charge in [0.1, 0.15) is 13.2 Å². The second kappa shape index (κ2) is 63.9. The van der Waals surface area contributed by atoms with E-state index in [1.54, 1.807) is 0 Å². The highest BCUT2D eigenvalue weighted by Gasteiger charge is 2.24. The first-order valence-corrected chi connectivity index (χ1v) is 36.5. The molecular weight excluding hydrogens is 1040 g/mol. The molecule has 1 amide bonds. The standard InChI is InChI=1S/C74H135N2O6P/c1-6-8-10-12-14-16-18-20-22-24-26-28-30-32-34-35-36-37-38-39-40-41-42-44-46-48-50-52-54-56-58-60-62-64-66-68-74(78)75-72(71-82-83(79,80)81-70-69-76(3,4)5)73(77)67-65-63-61-59-57-55-53-51-49-47-45-43-33-31-29-27-25-23-21-19-17-15-13-11-9-7-2/h8,10,14,16,20,22,26,28,32,34,36-37,39-40,42,44,72-73,77H,6-7,9,11-13,15,17-19,21,23-25,27,29-31,33,35,38,41,43,45-71H2,1-5H3,(H-,75,78,79,80)/b10-8-,16-14-,22-20-,28-26-,34-32-,37-36-,40-39-,44-42-. The smallest absolute Gasteiger partial charge is 0.268 e. The number of phosphoric ester groups is 1. The second-order valence-corrected chi connectivity index (χ2v) is 26.3. The van der Waals surface area contributed by atoms with Crippen molar-refractivity contribution in [2.75, 3.05) is 40.9 Å². The summed E-state index contributed by atoms with van der Waals surface area (Å²) in [4.78, 5) is 25.7. The molecule has 2 N–H and O–H groups in total. The summed E-state index contributed by atoms with van der Waals surface area (Å²) >= 11 is 0. The minimum absolute atomic E-state index is 0.00799. The Hall–Kier alpha value is -2.58. The van der Waals surface area contributed by atoms with Crippen LogP contribution in [0, 0.1) is 0 Å². The summed E-state index contributed by atoms with van der Waals surface area (Å²) in [7, 11) is 1.30. The van der Waals surface area contributed by atoms with E-state index in [2.05, 4.69) is 116 Å². The largest absolute Gasteiger partial charge is 0.756 e. The molecule has 3 unspecified atom stereocenters. The van der Waals surface area contributed by atoms with E-state index in [-0.39, 0.29) is 19.1 Å². The lowest BCUT2D eigenvalue weighted by Crippen LogP contribution is -2.46.